The van der Waals surface area contributed by atoms with Gasteiger partial charge >= 0.3 is 5.97 Å². The molecule has 1 radical (unpaired) electrons. The smallest absolute Gasteiger partial charge is 0.303 e. The summed E-state index contributed by atoms with van der Waals surface area (Å²) >= 11 is 0. The lowest BCUT2D eigenvalue weighted by Crippen LogP contribution is -2.49. The van der Waals surface area contributed by atoms with Crippen molar-refractivity contribution in [3.8, 4) is 0 Å². The predicted octanol–water partition coefficient (Wildman–Crippen LogP) is 2.91. The molecule has 1 unspecified atom stereocenters. The van der Waals surface area contributed by atoms with Gasteiger partial charge < -0.3 is 9.53 Å². The molecule has 0 amide bonds. The van der Waals surface area contributed by atoms with Gasteiger partial charge in [-0.2, -0.15) is 0 Å². The van der Waals surface area contributed by atoms with Crippen molar-refractivity contribution in [3.05, 3.63) is 60.7 Å². The van der Waals surface area contributed by atoms with Crippen molar-refractivity contribution in [2.75, 3.05) is 0 Å². The number of rotatable bonds is 9. The van der Waals surface area contributed by atoms with Gasteiger partial charge in [-0.1, -0.05) is 72.4 Å². The van der Waals surface area contributed by atoms with Crippen molar-refractivity contribution in [2.24, 2.45) is 0 Å². The van der Waals surface area contributed by atoms with Crippen LogP contribution in [-0.2, 0) is 14.0 Å². The largest absolute Gasteiger partial charge is 0.515 e. The van der Waals surface area contributed by atoms with Crippen LogP contribution in [-0.4, -0.2) is 34.2 Å². The van der Waals surface area contributed by atoms with Gasteiger partial charge in [0.1, 0.15) is 0 Å². The highest BCUT2D eigenvalue weighted by molar-refractivity contribution is 6.86. The topological polar surface area (TPSA) is 63.6 Å². The summed E-state index contributed by atoms with van der Waals surface area (Å²) in [4.78, 5) is 23.5. The van der Waals surface area contributed by atoms with Crippen LogP contribution in [0.4, 0.5) is 0 Å². The van der Waals surface area contributed by atoms with E-state index in [-0.39, 0.29) is 12.4 Å². The van der Waals surface area contributed by atoms with Gasteiger partial charge in [-0.3, -0.25) is 9.59 Å². The second-order valence-corrected chi connectivity index (χ2v) is 13.0. The van der Waals surface area contributed by atoms with E-state index in [0.717, 1.165) is 11.2 Å². The molecule has 0 aliphatic heterocycles. The van der Waals surface area contributed by atoms with E-state index in [0.29, 0.717) is 12.5 Å². The van der Waals surface area contributed by atoms with Crippen molar-refractivity contribution in [2.45, 2.75) is 38.0 Å². The van der Waals surface area contributed by atoms with Crippen molar-refractivity contribution < 1.29 is 19.1 Å². The van der Waals surface area contributed by atoms with Crippen LogP contribution >= 0.6 is 0 Å². The molecule has 0 aromatic heterocycles. The number of carbonyl (C=O) groups excluding carboxylic acids is 1. The maximum Gasteiger partial charge on any atom is 0.303 e. The first-order valence-corrected chi connectivity index (χ1v) is 13.6. The van der Waals surface area contributed by atoms with E-state index in [1.807, 2.05) is 55.1 Å². The average Bonchev–Trinajstić information content (AvgIpc) is 2.66. The maximum atomic E-state index is 12.5. The molecule has 1 atom stereocenters. The third-order valence-corrected chi connectivity index (χ3v) is 10.3. The standard InChI is InChI=1S/C20H25O4Si2/c1-25(17-9-5-3-6-10-17)15-13-20(23)24-26(2,16-14-19(21)22)18-11-7-4-8-12-18/h3-12H,13-16H2,1-2H3,(H,21,22). The summed E-state index contributed by atoms with van der Waals surface area (Å²) in [5, 5.41) is 11.3. The minimum Gasteiger partial charge on any atom is -0.515 e. The van der Waals surface area contributed by atoms with E-state index >= 15 is 0 Å². The molecule has 0 saturated heterocycles. The van der Waals surface area contributed by atoms with Crippen LogP contribution in [0.1, 0.15) is 12.8 Å². The molecule has 0 spiro atoms. The Kier molecular flexibility index (Phi) is 7.35. The fraction of sp³-hybridized carbons (Fsp3) is 0.300. The Hall–Kier alpha value is -2.19. The summed E-state index contributed by atoms with van der Waals surface area (Å²) in [5.74, 6) is -1.08. The third-order valence-electron chi connectivity index (χ3n) is 4.51. The van der Waals surface area contributed by atoms with Gasteiger partial charge in [-0.05, 0) is 23.8 Å². The van der Waals surface area contributed by atoms with E-state index in [2.05, 4.69) is 18.7 Å². The minimum absolute atomic E-state index is 0.0116. The molecule has 137 valence electrons. The Morgan fingerprint density at radius 1 is 1.00 bits per heavy atom. The summed E-state index contributed by atoms with van der Waals surface area (Å²) in [6.45, 7) is 4.13. The fourth-order valence-electron chi connectivity index (χ4n) is 2.85. The molecule has 0 heterocycles. The first-order valence-electron chi connectivity index (χ1n) is 8.78. The van der Waals surface area contributed by atoms with Crippen LogP contribution in [0.15, 0.2) is 60.7 Å². The van der Waals surface area contributed by atoms with Crippen molar-refractivity contribution in [1.29, 1.82) is 0 Å². The highest BCUT2D eigenvalue weighted by Gasteiger charge is 2.35. The lowest BCUT2D eigenvalue weighted by atomic mass is 10.4. The Balaban J connectivity index is 2.00. The van der Waals surface area contributed by atoms with Crippen LogP contribution in [0.5, 0.6) is 0 Å². The maximum absolute atomic E-state index is 12.5. The monoisotopic (exact) mass is 385 g/mol. The Morgan fingerprint density at radius 3 is 2.15 bits per heavy atom. The van der Waals surface area contributed by atoms with Crippen LogP contribution in [0, 0.1) is 0 Å². The second kappa shape index (κ2) is 9.49. The molecule has 0 saturated carbocycles. The quantitative estimate of drug-likeness (QED) is 0.674. The Labute approximate surface area is 157 Å². The number of benzene rings is 2. The van der Waals surface area contributed by atoms with E-state index in [1.54, 1.807) is 0 Å². The van der Waals surface area contributed by atoms with Gasteiger partial charge in [0.25, 0.3) is 14.3 Å². The van der Waals surface area contributed by atoms with Gasteiger partial charge in [-0.25, -0.2) is 0 Å². The molecule has 4 nitrogen and oxygen atoms in total. The highest BCUT2D eigenvalue weighted by Crippen LogP contribution is 2.17. The van der Waals surface area contributed by atoms with Crippen LogP contribution in [0.2, 0.25) is 25.2 Å². The molecule has 0 bridgehead atoms. The molecule has 26 heavy (non-hydrogen) atoms. The zero-order chi connectivity index (χ0) is 19.0. The Morgan fingerprint density at radius 2 is 1.58 bits per heavy atom. The summed E-state index contributed by atoms with van der Waals surface area (Å²) in [6, 6.07) is 21.0. The third kappa shape index (κ3) is 5.96. The number of aliphatic carboxylic acids is 1. The molecule has 1 N–H and O–H groups in total. The van der Waals surface area contributed by atoms with E-state index in [4.69, 9.17) is 9.53 Å². The summed E-state index contributed by atoms with van der Waals surface area (Å²) in [6.07, 6.45) is 0.389. The van der Waals surface area contributed by atoms with E-state index in [9.17, 15) is 9.59 Å². The fourth-order valence-corrected chi connectivity index (χ4v) is 7.18. The summed E-state index contributed by atoms with van der Waals surface area (Å²) in [5.41, 5.74) is 0. The van der Waals surface area contributed by atoms with E-state index in [1.165, 1.54) is 5.19 Å². The molecular formula is C20H25O4Si2. The lowest BCUT2D eigenvalue weighted by Gasteiger charge is -2.27. The number of hydrogen-bond donors (Lipinski definition) is 1. The molecule has 2 aromatic carbocycles. The van der Waals surface area contributed by atoms with Crippen LogP contribution in [0.3, 0.4) is 0 Å². The van der Waals surface area contributed by atoms with Gasteiger partial charge in [0.2, 0.25) is 0 Å². The van der Waals surface area contributed by atoms with Crippen molar-refractivity contribution in [3.63, 3.8) is 0 Å². The lowest BCUT2D eigenvalue weighted by molar-refractivity contribution is -0.137. The number of carboxylic acids is 1. The molecule has 2 aromatic rings. The summed E-state index contributed by atoms with van der Waals surface area (Å²) < 4.78 is 5.91. The first-order chi connectivity index (χ1) is 12.4. The summed E-state index contributed by atoms with van der Waals surface area (Å²) in [7, 11) is -3.41. The van der Waals surface area contributed by atoms with Gasteiger partial charge in [0.05, 0.1) is 8.80 Å². The molecular weight excluding hydrogens is 360 g/mol. The van der Waals surface area contributed by atoms with Crippen LogP contribution < -0.4 is 10.4 Å². The van der Waals surface area contributed by atoms with Crippen molar-refractivity contribution >= 4 is 39.4 Å². The highest BCUT2D eigenvalue weighted by atomic mass is 28.4. The molecule has 0 aliphatic carbocycles. The minimum atomic E-state index is -2.62. The van der Waals surface area contributed by atoms with Gasteiger partial charge in [0.15, 0.2) is 0 Å². The number of hydrogen-bond acceptors (Lipinski definition) is 3. The zero-order valence-corrected chi connectivity index (χ0v) is 17.3. The molecule has 0 aliphatic rings. The zero-order valence-electron chi connectivity index (χ0n) is 15.3. The molecule has 0 fully saturated rings. The number of carboxylic acid groups (broad SMARTS) is 1. The van der Waals surface area contributed by atoms with Gasteiger partial charge in [0, 0.05) is 12.8 Å². The van der Waals surface area contributed by atoms with E-state index < -0.39 is 23.1 Å². The normalized spacial score (nSPS) is 13.2. The van der Waals surface area contributed by atoms with Crippen molar-refractivity contribution in [1.82, 2.24) is 0 Å². The molecule has 6 heteroatoms. The van der Waals surface area contributed by atoms with Crippen LogP contribution in [0.25, 0.3) is 0 Å². The second-order valence-electron chi connectivity index (χ2n) is 6.61. The first kappa shape index (κ1) is 20.1. The predicted molar refractivity (Wildman–Crippen MR) is 108 cm³/mol. The van der Waals surface area contributed by atoms with Gasteiger partial charge in [-0.15, -0.1) is 0 Å². The number of carbonyl (C=O) groups is 2. The molecule has 2 rings (SSSR count). The average molecular weight is 386 g/mol. The Bertz CT molecular complexity index is 721. The SMILES string of the molecule is C[Si](CCC(=O)O[Si](C)(CCC(=O)O)c1ccccc1)c1ccccc1.